The summed E-state index contributed by atoms with van der Waals surface area (Å²) in [5.41, 5.74) is 5.71. The maximum atomic E-state index is 10.8. The Morgan fingerprint density at radius 3 is 2.80 bits per heavy atom. The van der Waals surface area contributed by atoms with Crippen molar-refractivity contribution in [2.45, 2.75) is 31.8 Å². The molecule has 0 radical (unpaired) electrons. The molecule has 4 nitrogen and oxygen atoms in total. The third kappa shape index (κ3) is 2.18. The van der Waals surface area contributed by atoms with Gasteiger partial charge in [0.05, 0.1) is 11.8 Å². The number of aliphatic hydroxyl groups is 1. The number of aromatic nitrogens is 1. The summed E-state index contributed by atoms with van der Waals surface area (Å²) in [6, 6.07) is 0. The number of hydrogen-bond donors (Lipinski definition) is 2. The van der Waals surface area contributed by atoms with Crippen LogP contribution in [0.1, 0.15) is 47.3 Å². The van der Waals surface area contributed by atoms with Gasteiger partial charge in [0, 0.05) is 5.38 Å². The van der Waals surface area contributed by atoms with E-state index >= 15 is 0 Å². The Hall–Kier alpha value is -0.940. The number of amides is 1. The van der Waals surface area contributed by atoms with Crippen LogP contribution in [-0.4, -0.2) is 16.0 Å². The van der Waals surface area contributed by atoms with Gasteiger partial charge in [0.15, 0.2) is 5.01 Å². The minimum Gasteiger partial charge on any atom is -0.386 e. The number of nitrogens with zero attached hydrogens (tertiary/aromatic N) is 1. The second-order valence-electron chi connectivity index (χ2n) is 3.93. The zero-order valence-electron chi connectivity index (χ0n) is 8.35. The molecule has 1 amide bonds. The Morgan fingerprint density at radius 1 is 1.60 bits per heavy atom. The van der Waals surface area contributed by atoms with Gasteiger partial charge in [-0.25, -0.2) is 4.98 Å². The molecule has 3 N–H and O–H groups in total. The van der Waals surface area contributed by atoms with Crippen molar-refractivity contribution in [3.8, 4) is 0 Å². The van der Waals surface area contributed by atoms with E-state index in [2.05, 4.69) is 4.98 Å². The maximum absolute atomic E-state index is 10.8. The zero-order valence-corrected chi connectivity index (χ0v) is 9.17. The third-order valence-corrected chi connectivity index (χ3v) is 3.76. The van der Waals surface area contributed by atoms with E-state index in [-0.39, 0.29) is 5.01 Å². The van der Waals surface area contributed by atoms with E-state index in [9.17, 15) is 9.90 Å². The van der Waals surface area contributed by atoms with Crippen molar-refractivity contribution in [3.63, 3.8) is 0 Å². The van der Waals surface area contributed by atoms with E-state index < -0.39 is 12.0 Å². The van der Waals surface area contributed by atoms with Crippen molar-refractivity contribution >= 4 is 17.2 Å². The number of primary amides is 1. The van der Waals surface area contributed by atoms with E-state index in [0.29, 0.717) is 11.6 Å². The second-order valence-corrected chi connectivity index (χ2v) is 4.79. The van der Waals surface area contributed by atoms with Crippen LogP contribution in [0.4, 0.5) is 0 Å². The molecule has 0 aliphatic heterocycles. The summed E-state index contributed by atoms with van der Waals surface area (Å²) in [7, 11) is 0. The SMILES string of the molecule is NC(=O)c1nc(C(O)C2CCCC2)cs1. The van der Waals surface area contributed by atoms with Crippen molar-refractivity contribution in [2.24, 2.45) is 11.7 Å². The zero-order chi connectivity index (χ0) is 10.8. The van der Waals surface area contributed by atoms with Crippen LogP contribution in [0.15, 0.2) is 5.38 Å². The highest BCUT2D eigenvalue weighted by atomic mass is 32.1. The Kier molecular flexibility index (Phi) is 3.02. The van der Waals surface area contributed by atoms with Crippen LogP contribution in [0, 0.1) is 5.92 Å². The molecule has 1 aromatic heterocycles. The lowest BCUT2D eigenvalue weighted by Gasteiger charge is -2.14. The quantitative estimate of drug-likeness (QED) is 0.819. The molecular weight excluding hydrogens is 212 g/mol. The molecule has 1 aliphatic rings. The molecule has 1 heterocycles. The molecule has 0 bridgehead atoms. The summed E-state index contributed by atoms with van der Waals surface area (Å²) >= 11 is 1.20. The van der Waals surface area contributed by atoms with E-state index in [4.69, 9.17) is 5.73 Å². The highest BCUT2D eigenvalue weighted by Gasteiger charge is 2.26. The standard InChI is InChI=1S/C10H14N2O2S/c11-9(14)10-12-7(5-15-10)8(13)6-3-1-2-4-6/h5-6,8,13H,1-4H2,(H2,11,14). The minimum atomic E-state index is -0.531. The van der Waals surface area contributed by atoms with Gasteiger partial charge in [-0.2, -0.15) is 0 Å². The topological polar surface area (TPSA) is 76.2 Å². The van der Waals surface area contributed by atoms with Crippen LogP contribution in [0.5, 0.6) is 0 Å². The highest BCUT2D eigenvalue weighted by molar-refractivity contribution is 7.11. The Labute approximate surface area is 92.1 Å². The van der Waals surface area contributed by atoms with Gasteiger partial charge < -0.3 is 10.8 Å². The average molecular weight is 226 g/mol. The van der Waals surface area contributed by atoms with Gasteiger partial charge in [-0.3, -0.25) is 4.79 Å². The normalized spacial score (nSPS) is 19.3. The first-order chi connectivity index (χ1) is 7.18. The van der Waals surface area contributed by atoms with Gasteiger partial charge in [0.2, 0.25) is 0 Å². The van der Waals surface area contributed by atoms with Crippen molar-refractivity contribution in [1.29, 1.82) is 0 Å². The monoisotopic (exact) mass is 226 g/mol. The molecule has 0 aromatic carbocycles. The second kappa shape index (κ2) is 4.28. The highest BCUT2D eigenvalue weighted by Crippen LogP contribution is 2.35. The summed E-state index contributed by atoms with van der Waals surface area (Å²) in [6.07, 6.45) is 3.91. The first-order valence-electron chi connectivity index (χ1n) is 5.12. The molecule has 15 heavy (non-hydrogen) atoms. The number of rotatable bonds is 3. The van der Waals surface area contributed by atoms with Crippen LogP contribution in [-0.2, 0) is 0 Å². The van der Waals surface area contributed by atoms with Gasteiger partial charge in [-0.15, -0.1) is 11.3 Å². The van der Waals surface area contributed by atoms with Gasteiger partial charge in [-0.05, 0) is 18.8 Å². The van der Waals surface area contributed by atoms with Crippen LogP contribution >= 0.6 is 11.3 Å². The lowest BCUT2D eigenvalue weighted by atomic mass is 9.99. The van der Waals surface area contributed by atoms with Gasteiger partial charge in [0.1, 0.15) is 0 Å². The van der Waals surface area contributed by atoms with Crippen LogP contribution in [0.3, 0.4) is 0 Å². The van der Waals surface area contributed by atoms with Crippen LogP contribution in [0.2, 0.25) is 0 Å². The Morgan fingerprint density at radius 2 is 2.27 bits per heavy atom. The third-order valence-electron chi connectivity index (χ3n) is 2.88. The van der Waals surface area contributed by atoms with Gasteiger partial charge in [-0.1, -0.05) is 12.8 Å². The number of aliphatic hydroxyl groups excluding tert-OH is 1. The Balaban J connectivity index is 2.10. The van der Waals surface area contributed by atoms with E-state index in [1.54, 1.807) is 5.38 Å². The molecule has 82 valence electrons. The molecule has 1 unspecified atom stereocenters. The molecule has 1 saturated carbocycles. The van der Waals surface area contributed by atoms with Crippen LogP contribution < -0.4 is 5.73 Å². The lowest BCUT2D eigenvalue weighted by molar-refractivity contribution is 0.0992. The Bertz CT molecular complexity index is 358. The predicted molar refractivity (Wildman–Crippen MR) is 57.5 cm³/mol. The number of nitrogens with two attached hydrogens (primary N) is 1. The minimum absolute atomic E-state index is 0.280. The fraction of sp³-hybridized carbons (Fsp3) is 0.600. The predicted octanol–water partition coefficient (Wildman–Crippen LogP) is 1.47. The number of hydrogen-bond acceptors (Lipinski definition) is 4. The fourth-order valence-electron chi connectivity index (χ4n) is 2.05. The summed E-state index contributed by atoms with van der Waals surface area (Å²) in [5.74, 6) is -0.224. The molecule has 1 aromatic rings. The van der Waals surface area contributed by atoms with Crippen molar-refractivity contribution in [2.75, 3.05) is 0 Å². The van der Waals surface area contributed by atoms with Crippen molar-refractivity contribution < 1.29 is 9.90 Å². The van der Waals surface area contributed by atoms with E-state index in [0.717, 1.165) is 12.8 Å². The molecule has 0 saturated heterocycles. The molecular formula is C10H14N2O2S. The van der Waals surface area contributed by atoms with Gasteiger partial charge in [0.25, 0.3) is 5.91 Å². The van der Waals surface area contributed by atoms with Crippen LogP contribution in [0.25, 0.3) is 0 Å². The number of thiazole rings is 1. The molecule has 2 rings (SSSR count). The van der Waals surface area contributed by atoms with Crippen molar-refractivity contribution in [1.82, 2.24) is 4.98 Å². The maximum Gasteiger partial charge on any atom is 0.277 e. The summed E-state index contributed by atoms with van der Waals surface area (Å²) in [5, 5.41) is 12.0. The first-order valence-corrected chi connectivity index (χ1v) is 5.99. The number of carbonyl (C=O) groups excluding carboxylic acids is 1. The lowest BCUT2D eigenvalue weighted by Crippen LogP contribution is -2.13. The average Bonchev–Trinajstić information content (AvgIpc) is 2.88. The largest absolute Gasteiger partial charge is 0.386 e. The fourth-order valence-corrected chi connectivity index (χ4v) is 2.75. The summed E-state index contributed by atoms with van der Waals surface area (Å²) in [4.78, 5) is 14.9. The van der Waals surface area contributed by atoms with Gasteiger partial charge >= 0.3 is 0 Å². The van der Waals surface area contributed by atoms with E-state index in [1.807, 2.05) is 0 Å². The van der Waals surface area contributed by atoms with E-state index in [1.165, 1.54) is 24.2 Å². The summed E-state index contributed by atoms with van der Waals surface area (Å²) < 4.78 is 0. The molecule has 1 atom stereocenters. The summed E-state index contributed by atoms with van der Waals surface area (Å²) in [6.45, 7) is 0. The molecule has 1 aliphatic carbocycles. The molecule has 5 heteroatoms. The smallest absolute Gasteiger partial charge is 0.277 e. The molecule has 0 spiro atoms. The number of carbonyl (C=O) groups is 1. The first kappa shape index (κ1) is 10.6. The molecule has 1 fully saturated rings. The van der Waals surface area contributed by atoms with Crippen molar-refractivity contribution in [3.05, 3.63) is 16.1 Å².